The molecule has 11 heteroatoms. The molecule has 0 spiro atoms. The van der Waals surface area contributed by atoms with Crippen molar-refractivity contribution in [2.24, 2.45) is 0 Å². The number of carbonyl (C=O) groups is 3. The third-order valence-corrected chi connectivity index (χ3v) is 7.81. The molecule has 0 fully saturated rings. The second-order valence-corrected chi connectivity index (χ2v) is 10.7. The number of thiol groups is 1. The van der Waals surface area contributed by atoms with Gasteiger partial charge >= 0.3 is 6.03 Å². The van der Waals surface area contributed by atoms with Crippen molar-refractivity contribution in [2.45, 2.75) is 22.4 Å². The average molecular weight is 488 g/mol. The number of nitrogens with one attached hydrogen (secondary N) is 2. The molecule has 4 amide bonds. The molecule has 1 aliphatic rings. The molecule has 2 N–H and O–H groups in total. The summed E-state index contributed by atoms with van der Waals surface area (Å²) in [5.74, 6) is -0.826. The summed E-state index contributed by atoms with van der Waals surface area (Å²) < 4.78 is 26.5. The Kier molecular flexibility index (Phi) is 5.80. The molecule has 0 atom stereocenters. The SMILES string of the molecule is Cc1ccc(S(=O)(=O)NC(=O)Nc2ccc(N3C(=O)Cc4ccc(S)cc4C3=O)cc2)s1. The zero-order valence-electron chi connectivity index (χ0n) is 16.7. The van der Waals surface area contributed by atoms with Crippen LogP contribution in [-0.4, -0.2) is 26.3 Å². The molecule has 164 valence electrons. The number of imide groups is 1. The number of rotatable bonds is 4. The molecule has 0 saturated heterocycles. The predicted octanol–water partition coefficient (Wildman–Crippen LogP) is 3.59. The number of thiophene rings is 1. The summed E-state index contributed by atoms with van der Waals surface area (Å²) in [6, 6.07) is 13.1. The van der Waals surface area contributed by atoms with Crippen LogP contribution in [0.15, 0.2) is 63.7 Å². The molecule has 0 radical (unpaired) electrons. The van der Waals surface area contributed by atoms with Gasteiger partial charge in [-0.25, -0.2) is 22.8 Å². The van der Waals surface area contributed by atoms with E-state index < -0.39 is 22.0 Å². The Hall–Kier alpha value is -3.15. The lowest BCUT2D eigenvalue weighted by atomic mass is 9.98. The Morgan fingerprint density at radius 2 is 1.78 bits per heavy atom. The number of amides is 4. The van der Waals surface area contributed by atoms with Gasteiger partial charge in [0.2, 0.25) is 5.91 Å². The largest absolute Gasteiger partial charge is 0.333 e. The van der Waals surface area contributed by atoms with Gasteiger partial charge < -0.3 is 5.32 Å². The van der Waals surface area contributed by atoms with E-state index in [2.05, 4.69) is 17.9 Å². The highest BCUT2D eigenvalue weighted by atomic mass is 32.2. The number of carbonyl (C=O) groups excluding carboxylic acids is 3. The predicted molar refractivity (Wildman–Crippen MR) is 124 cm³/mol. The van der Waals surface area contributed by atoms with E-state index in [1.807, 2.05) is 4.72 Å². The van der Waals surface area contributed by atoms with Crippen molar-refractivity contribution in [3.63, 3.8) is 0 Å². The molecule has 32 heavy (non-hydrogen) atoms. The third kappa shape index (κ3) is 4.40. The summed E-state index contributed by atoms with van der Waals surface area (Å²) >= 11 is 5.31. The number of benzene rings is 2. The monoisotopic (exact) mass is 487 g/mol. The first kappa shape index (κ1) is 22.1. The molecule has 2 heterocycles. The van der Waals surface area contributed by atoms with Crippen LogP contribution in [0.4, 0.5) is 16.2 Å². The number of fused-ring (bicyclic) bond motifs is 1. The molecular formula is C21H17N3O5S3. The van der Waals surface area contributed by atoms with Gasteiger partial charge in [0.05, 0.1) is 12.1 Å². The topological polar surface area (TPSA) is 113 Å². The van der Waals surface area contributed by atoms with E-state index in [9.17, 15) is 22.8 Å². The van der Waals surface area contributed by atoms with Crippen molar-refractivity contribution >= 4 is 63.2 Å². The molecule has 4 rings (SSSR count). The van der Waals surface area contributed by atoms with Crippen LogP contribution in [0.5, 0.6) is 0 Å². The zero-order chi connectivity index (χ0) is 23.0. The second-order valence-electron chi connectivity index (χ2n) is 7.02. The van der Waals surface area contributed by atoms with E-state index in [-0.39, 0.29) is 16.5 Å². The van der Waals surface area contributed by atoms with E-state index >= 15 is 0 Å². The average Bonchev–Trinajstić information content (AvgIpc) is 3.17. The Bertz CT molecular complexity index is 1350. The Balaban J connectivity index is 1.48. The summed E-state index contributed by atoms with van der Waals surface area (Å²) in [7, 11) is -3.98. The van der Waals surface area contributed by atoms with Gasteiger partial charge in [-0.05, 0) is 61.0 Å². The fourth-order valence-corrected chi connectivity index (χ4v) is 5.63. The summed E-state index contributed by atoms with van der Waals surface area (Å²) in [5.41, 5.74) is 1.68. The van der Waals surface area contributed by atoms with Gasteiger partial charge in [-0.1, -0.05) is 6.07 Å². The highest BCUT2D eigenvalue weighted by molar-refractivity contribution is 7.92. The first-order chi connectivity index (χ1) is 15.1. The van der Waals surface area contributed by atoms with Gasteiger partial charge in [0, 0.05) is 21.0 Å². The molecule has 0 saturated carbocycles. The molecule has 8 nitrogen and oxygen atoms in total. The van der Waals surface area contributed by atoms with Crippen LogP contribution in [-0.2, 0) is 21.2 Å². The van der Waals surface area contributed by atoms with Crippen LogP contribution in [0, 0.1) is 6.92 Å². The maximum absolute atomic E-state index is 12.9. The van der Waals surface area contributed by atoms with Crippen LogP contribution in [0.25, 0.3) is 0 Å². The van der Waals surface area contributed by atoms with Crippen molar-refractivity contribution in [2.75, 3.05) is 10.2 Å². The molecule has 1 aliphatic heterocycles. The molecule has 3 aromatic rings. The smallest absolute Gasteiger partial charge is 0.307 e. The Morgan fingerprint density at radius 1 is 1.06 bits per heavy atom. The lowest BCUT2D eigenvalue weighted by Crippen LogP contribution is -2.42. The van der Waals surface area contributed by atoms with Crippen molar-refractivity contribution in [1.82, 2.24) is 4.72 Å². The number of hydrogen-bond acceptors (Lipinski definition) is 7. The number of anilines is 2. The highest BCUT2D eigenvalue weighted by Crippen LogP contribution is 2.28. The quantitative estimate of drug-likeness (QED) is 0.385. The fraction of sp³-hybridized carbons (Fsp3) is 0.0952. The lowest BCUT2D eigenvalue weighted by molar-refractivity contribution is -0.117. The lowest BCUT2D eigenvalue weighted by Gasteiger charge is -2.27. The van der Waals surface area contributed by atoms with E-state index in [4.69, 9.17) is 0 Å². The van der Waals surface area contributed by atoms with Crippen molar-refractivity contribution in [1.29, 1.82) is 0 Å². The molecule has 1 aromatic heterocycles. The van der Waals surface area contributed by atoms with Gasteiger partial charge in [-0.15, -0.1) is 24.0 Å². The minimum Gasteiger partial charge on any atom is -0.307 e. The van der Waals surface area contributed by atoms with Crippen molar-refractivity contribution in [3.05, 3.63) is 70.6 Å². The van der Waals surface area contributed by atoms with Crippen molar-refractivity contribution < 1.29 is 22.8 Å². The molecule has 2 aromatic carbocycles. The normalized spacial score (nSPS) is 13.6. The van der Waals surface area contributed by atoms with Crippen molar-refractivity contribution in [3.8, 4) is 0 Å². The minimum absolute atomic E-state index is 0.0345. The maximum atomic E-state index is 12.9. The number of aryl methyl sites for hydroxylation is 1. The Labute approximate surface area is 193 Å². The molecule has 0 aliphatic carbocycles. The first-order valence-corrected chi connectivity index (χ1v) is 12.1. The minimum atomic E-state index is -3.98. The van der Waals surface area contributed by atoms with Gasteiger partial charge in [0.15, 0.2) is 0 Å². The highest BCUT2D eigenvalue weighted by Gasteiger charge is 2.32. The van der Waals surface area contributed by atoms with Gasteiger partial charge in [-0.3, -0.25) is 9.59 Å². The summed E-state index contributed by atoms with van der Waals surface area (Å²) in [4.78, 5) is 40.0. The Morgan fingerprint density at radius 3 is 2.44 bits per heavy atom. The summed E-state index contributed by atoms with van der Waals surface area (Å²) in [6.45, 7) is 1.76. The number of hydrogen-bond donors (Lipinski definition) is 3. The number of nitrogens with zero attached hydrogens (tertiary/aromatic N) is 1. The first-order valence-electron chi connectivity index (χ1n) is 9.33. The van der Waals surface area contributed by atoms with E-state index in [1.165, 1.54) is 30.3 Å². The van der Waals surface area contributed by atoms with Crippen LogP contribution < -0.4 is 14.9 Å². The molecule has 0 bridgehead atoms. The van der Waals surface area contributed by atoms with Gasteiger partial charge in [-0.2, -0.15) is 0 Å². The fourth-order valence-electron chi connectivity index (χ4n) is 3.23. The maximum Gasteiger partial charge on any atom is 0.333 e. The van der Waals surface area contributed by atoms with E-state index in [0.29, 0.717) is 27.4 Å². The van der Waals surface area contributed by atoms with Crippen LogP contribution in [0.1, 0.15) is 20.8 Å². The van der Waals surface area contributed by atoms with Gasteiger partial charge in [0.1, 0.15) is 4.21 Å². The van der Waals surface area contributed by atoms with Crippen LogP contribution >= 0.6 is 24.0 Å². The standard InChI is InChI=1S/C21H17N3O5S3/c1-12-2-9-19(31-12)32(28,29)23-21(27)22-14-4-6-15(7-5-14)24-18(25)10-13-3-8-16(30)11-17(13)20(24)26/h2-9,11,30H,10H2,1H3,(H2,22,23,27). The summed E-state index contributed by atoms with van der Waals surface area (Å²) in [5, 5.41) is 2.43. The van der Waals surface area contributed by atoms with E-state index in [0.717, 1.165) is 21.1 Å². The number of urea groups is 1. The molecule has 0 unspecified atom stereocenters. The van der Waals surface area contributed by atoms with E-state index in [1.54, 1.807) is 31.2 Å². The zero-order valence-corrected chi connectivity index (χ0v) is 19.2. The van der Waals surface area contributed by atoms with Crippen LogP contribution in [0.2, 0.25) is 0 Å². The molecular weight excluding hydrogens is 470 g/mol. The van der Waals surface area contributed by atoms with Gasteiger partial charge in [0.25, 0.3) is 15.9 Å². The second kappa shape index (κ2) is 8.41. The third-order valence-electron chi connectivity index (χ3n) is 4.71. The van der Waals surface area contributed by atoms with Crippen LogP contribution in [0.3, 0.4) is 0 Å². The number of sulfonamides is 1. The summed E-state index contributed by atoms with van der Waals surface area (Å²) in [6.07, 6.45) is 0.0809.